The highest BCUT2D eigenvalue weighted by molar-refractivity contribution is 7.99. The first-order chi connectivity index (χ1) is 8.72. The van der Waals surface area contributed by atoms with Gasteiger partial charge in [-0.3, -0.25) is 0 Å². The van der Waals surface area contributed by atoms with Crippen LogP contribution < -0.4 is 5.73 Å². The molecule has 0 aromatic heterocycles. The molecular formula is C14H13NO2S. The predicted octanol–water partition coefficient (Wildman–Crippen LogP) is 3.21. The average molecular weight is 259 g/mol. The molecule has 0 saturated heterocycles. The van der Waals surface area contributed by atoms with Crippen molar-refractivity contribution in [2.45, 2.75) is 9.79 Å². The van der Waals surface area contributed by atoms with Crippen molar-refractivity contribution in [3.63, 3.8) is 0 Å². The fourth-order valence-electron chi connectivity index (χ4n) is 1.53. The van der Waals surface area contributed by atoms with Gasteiger partial charge in [0.25, 0.3) is 0 Å². The van der Waals surface area contributed by atoms with Crippen LogP contribution in [0.2, 0.25) is 0 Å². The molecule has 4 heteroatoms. The van der Waals surface area contributed by atoms with Crippen LogP contribution in [-0.4, -0.2) is 13.1 Å². The van der Waals surface area contributed by atoms with Gasteiger partial charge in [0.05, 0.1) is 12.7 Å². The van der Waals surface area contributed by atoms with E-state index in [4.69, 9.17) is 10.5 Å². The molecule has 0 aliphatic heterocycles. The van der Waals surface area contributed by atoms with Gasteiger partial charge in [-0.05, 0) is 24.3 Å². The first-order valence-electron chi connectivity index (χ1n) is 5.42. The van der Waals surface area contributed by atoms with E-state index in [0.29, 0.717) is 11.3 Å². The molecule has 0 atom stereocenters. The second-order valence-corrected chi connectivity index (χ2v) is 4.71. The summed E-state index contributed by atoms with van der Waals surface area (Å²) in [7, 11) is 1.38. The molecule has 0 amide bonds. The quantitative estimate of drug-likeness (QED) is 0.679. The molecule has 18 heavy (non-hydrogen) atoms. The van der Waals surface area contributed by atoms with Crippen molar-refractivity contribution < 1.29 is 9.53 Å². The van der Waals surface area contributed by atoms with E-state index in [2.05, 4.69) is 0 Å². The number of nitrogens with two attached hydrogens (primary N) is 1. The third kappa shape index (κ3) is 2.65. The lowest BCUT2D eigenvalue weighted by Crippen LogP contribution is -2.02. The second kappa shape index (κ2) is 5.60. The van der Waals surface area contributed by atoms with E-state index in [1.54, 1.807) is 6.07 Å². The predicted molar refractivity (Wildman–Crippen MR) is 72.8 cm³/mol. The monoisotopic (exact) mass is 259 g/mol. The van der Waals surface area contributed by atoms with Crippen molar-refractivity contribution in [1.82, 2.24) is 0 Å². The first kappa shape index (κ1) is 12.5. The Hall–Kier alpha value is -1.94. The van der Waals surface area contributed by atoms with E-state index >= 15 is 0 Å². The number of rotatable bonds is 3. The molecule has 0 fully saturated rings. The minimum atomic E-state index is -0.340. The smallest absolute Gasteiger partial charge is 0.339 e. The Balaban J connectivity index is 2.35. The number of para-hydroxylation sites is 1. The second-order valence-electron chi connectivity index (χ2n) is 3.63. The van der Waals surface area contributed by atoms with Crippen LogP contribution in [0.4, 0.5) is 5.69 Å². The molecule has 0 aliphatic rings. The molecule has 2 aromatic carbocycles. The fourth-order valence-corrected chi connectivity index (χ4v) is 2.50. The number of esters is 1. The Kier molecular flexibility index (Phi) is 3.89. The Morgan fingerprint density at radius 3 is 2.33 bits per heavy atom. The highest BCUT2D eigenvalue weighted by atomic mass is 32.2. The van der Waals surface area contributed by atoms with Gasteiger partial charge >= 0.3 is 5.97 Å². The highest BCUT2D eigenvalue weighted by Gasteiger charge is 2.12. The van der Waals surface area contributed by atoms with Crippen LogP contribution in [0.15, 0.2) is 58.3 Å². The number of ether oxygens (including phenoxy) is 1. The minimum Gasteiger partial charge on any atom is -0.465 e. The number of nitrogen functional groups attached to an aromatic ring is 1. The average Bonchev–Trinajstić information content (AvgIpc) is 2.41. The van der Waals surface area contributed by atoms with Gasteiger partial charge in [-0.2, -0.15) is 0 Å². The number of methoxy groups -OCH3 is 1. The largest absolute Gasteiger partial charge is 0.465 e. The maximum absolute atomic E-state index is 11.6. The van der Waals surface area contributed by atoms with Crippen molar-refractivity contribution in [3.05, 3.63) is 54.1 Å². The van der Waals surface area contributed by atoms with Gasteiger partial charge in [0.2, 0.25) is 0 Å². The molecule has 0 bridgehead atoms. The highest BCUT2D eigenvalue weighted by Crippen LogP contribution is 2.34. The van der Waals surface area contributed by atoms with Crippen molar-refractivity contribution in [2.24, 2.45) is 0 Å². The Morgan fingerprint density at radius 2 is 1.67 bits per heavy atom. The first-order valence-corrected chi connectivity index (χ1v) is 6.23. The van der Waals surface area contributed by atoms with Gasteiger partial charge in [-0.25, -0.2) is 4.79 Å². The van der Waals surface area contributed by atoms with Gasteiger partial charge in [0.1, 0.15) is 0 Å². The van der Waals surface area contributed by atoms with E-state index in [9.17, 15) is 4.79 Å². The lowest BCUT2D eigenvalue weighted by atomic mass is 10.2. The number of carbonyl (C=O) groups is 1. The lowest BCUT2D eigenvalue weighted by Gasteiger charge is -2.08. The molecule has 0 heterocycles. The Morgan fingerprint density at radius 1 is 1.06 bits per heavy atom. The topological polar surface area (TPSA) is 52.3 Å². The van der Waals surface area contributed by atoms with Crippen LogP contribution in [0.5, 0.6) is 0 Å². The Labute approximate surface area is 110 Å². The SMILES string of the molecule is COC(=O)c1ccccc1Sc1ccccc1N. The molecule has 0 unspecified atom stereocenters. The molecule has 92 valence electrons. The molecule has 2 aromatic rings. The van der Waals surface area contributed by atoms with E-state index in [1.165, 1.54) is 18.9 Å². The van der Waals surface area contributed by atoms with Gasteiger partial charge in [0.15, 0.2) is 0 Å². The van der Waals surface area contributed by atoms with Gasteiger partial charge in [-0.1, -0.05) is 36.0 Å². The summed E-state index contributed by atoms with van der Waals surface area (Å²) >= 11 is 1.46. The van der Waals surface area contributed by atoms with Crippen molar-refractivity contribution >= 4 is 23.4 Å². The molecule has 0 saturated carbocycles. The van der Waals surface area contributed by atoms with Gasteiger partial charge < -0.3 is 10.5 Å². The zero-order valence-electron chi connectivity index (χ0n) is 9.92. The standard InChI is InChI=1S/C14H13NO2S/c1-17-14(16)10-6-2-4-8-12(10)18-13-9-5-3-7-11(13)15/h2-9H,15H2,1H3. The molecule has 0 spiro atoms. The van der Waals surface area contributed by atoms with E-state index in [-0.39, 0.29) is 5.97 Å². The molecular weight excluding hydrogens is 246 g/mol. The summed E-state index contributed by atoms with van der Waals surface area (Å²) in [5.74, 6) is -0.340. The summed E-state index contributed by atoms with van der Waals surface area (Å²) in [6, 6.07) is 14.9. The van der Waals surface area contributed by atoms with E-state index < -0.39 is 0 Å². The van der Waals surface area contributed by atoms with Crippen molar-refractivity contribution in [1.29, 1.82) is 0 Å². The zero-order chi connectivity index (χ0) is 13.0. The summed E-state index contributed by atoms with van der Waals surface area (Å²) in [6.07, 6.45) is 0. The maximum atomic E-state index is 11.6. The third-order valence-corrected chi connectivity index (χ3v) is 3.60. The van der Waals surface area contributed by atoms with Crippen LogP contribution in [0, 0.1) is 0 Å². The number of benzene rings is 2. The molecule has 2 rings (SSSR count). The summed E-state index contributed by atoms with van der Waals surface area (Å²) in [4.78, 5) is 13.4. The molecule has 3 nitrogen and oxygen atoms in total. The summed E-state index contributed by atoms with van der Waals surface area (Å²) < 4.78 is 4.76. The van der Waals surface area contributed by atoms with Gasteiger partial charge in [-0.15, -0.1) is 0 Å². The van der Waals surface area contributed by atoms with E-state index in [0.717, 1.165) is 9.79 Å². The summed E-state index contributed by atoms with van der Waals surface area (Å²) in [5, 5.41) is 0. The van der Waals surface area contributed by atoms with Gasteiger partial charge in [0, 0.05) is 15.5 Å². The molecule has 0 radical (unpaired) electrons. The number of carbonyl (C=O) groups excluding carboxylic acids is 1. The van der Waals surface area contributed by atoms with Crippen molar-refractivity contribution in [3.8, 4) is 0 Å². The zero-order valence-corrected chi connectivity index (χ0v) is 10.7. The number of hydrogen-bond donors (Lipinski definition) is 1. The maximum Gasteiger partial charge on any atom is 0.339 e. The minimum absolute atomic E-state index is 0.340. The lowest BCUT2D eigenvalue weighted by molar-refractivity contribution is 0.0597. The number of hydrogen-bond acceptors (Lipinski definition) is 4. The Bertz CT molecular complexity index is 569. The van der Waals surface area contributed by atoms with E-state index in [1.807, 2.05) is 42.5 Å². The van der Waals surface area contributed by atoms with Crippen LogP contribution in [0.25, 0.3) is 0 Å². The van der Waals surface area contributed by atoms with Crippen LogP contribution in [0.1, 0.15) is 10.4 Å². The van der Waals surface area contributed by atoms with Crippen LogP contribution >= 0.6 is 11.8 Å². The van der Waals surface area contributed by atoms with Crippen LogP contribution in [0.3, 0.4) is 0 Å². The molecule has 2 N–H and O–H groups in total. The van der Waals surface area contributed by atoms with Crippen molar-refractivity contribution in [2.75, 3.05) is 12.8 Å². The molecule has 0 aliphatic carbocycles. The number of anilines is 1. The summed E-state index contributed by atoms with van der Waals surface area (Å²) in [5.41, 5.74) is 7.14. The third-order valence-electron chi connectivity index (χ3n) is 2.43. The van der Waals surface area contributed by atoms with Crippen LogP contribution in [-0.2, 0) is 4.74 Å². The summed E-state index contributed by atoms with van der Waals surface area (Å²) in [6.45, 7) is 0. The normalized spacial score (nSPS) is 10.1. The fraction of sp³-hybridized carbons (Fsp3) is 0.0714.